The average Bonchev–Trinajstić information content (AvgIpc) is 3.23. The van der Waals surface area contributed by atoms with Crippen LogP contribution in [0.15, 0.2) is 29.6 Å². The summed E-state index contributed by atoms with van der Waals surface area (Å²) in [7, 11) is 3.15. The molecule has 1 aromatic heterocycles. The molecular weight excluding hydrogens is 364 g/mol. The number of carbonyl (C=O) groups is 2. The minimum Gasteiger partial charge on any atom is -0.493 e. The number of methoxy groups -OCH3 is 2. The Morgan fingerprint density at radius 2 is 1.81 bits per heavy atom. The first kappa shape index (κ1) is 19.2. The second-order valence-corrected chi connectivity index (χ2v) is 7.50. The lowest BCUT2D eigenvalue weighted by molar-refractivity contribution is -0.121. The smallest absolute Gasteiger partial charge is 0.263 e. The van der Waals surface area contributed by atoms with Crippen LogP contribution >= 0.6 is 11.3 Å². The van der Waals surface area contributed by atoms with Crippen LogP contribution in [0.3, 0.4) is 0 Å². The van der Waals surface area contributed by atoms with Gasteiger partial charge in [-0.1, -0.05) is 6.07 Å². The van der Waals surface area contributed by atoms with Crippen molar-refractivity contribution in [1.82, 2.24) is 4.90 Å². The molecule has 2 aromatic rings. The minimum atomic E-state index is -0.107. The third kappa shape index (κ3) is 4.24. The lowest BCUT2D eigenvalue weighted by Gasteiger charge is -2.31. The number of anilines is 1. The van der Waals surface area contributed by atoms with Crippen molar-refractivity contribution in [3.8, 4) is 11.5 Å². The van der Waals surface area contributed by atoms with Crippen LogP contribution in [0.25, 0.3) is 0 Å². The number of hydrogen-bond donors (Lipinski definition) is 1. The van der Waals surface area contributed by atoms with Crippen LogP contribution in [0.1, 0.15) is 28.1 Å². The highest BCUT2D eigenvalue weighted by Gasteiger charge is 2.28. The molecule has 0 unspecified atom stereocenters. The van der Waals surface area contributed by atoms with Gasteiger partial charge in [-0.05, 0) is 42.8 Å². The van der Waals surface area contributed by atoms with Gasteiger partial charge >= 0.3 is 0 Å². The average molecular weight is 388 g/mol. The summed E-state index contributed by atoms with van der Waals surface area (Å²) in [6.07, 6.45) is 1.32. The predicted octanol–water partition coefficient (Wildman–Crippen LogP) is 3.56. The molecule has 1 fully saturated rings. The van der Waals surface area contributed by atoms with Crippen LogP contribution in [0.2, 0.25) is 0 Å². The van der Waals surface area contributed by atoms with E-state index >= 15 is 0 Å². The summed E-state index contributed by atoms with van der Waals surface area (Å²) in [4.78, 5) is 27.7. The number of piperidine rings is 1. The Hall–Kier alpha value is -2.54. The van der Waals surface area contributed by atoms with E-state index in [0.717, 1.165) is 16.1 Å². The first-order valence-electron chi connectivity index (χ1n) is 8.89. The topological polar surface area (TPSA) is 67.9 Å². The number of benzene rings is 1. The molecule has 0 bridgehead atoms. The van der Waals surface area contributed by atoms with Crippen molar-refractivity contribution in [1.29, 1.82) is 0 Å². The number of hydrogen-bond acceptors (Lipinski definition) is 5. The van der Waals surface area contributed by atoms with Crippen molar-refractivity contribution in [3.05, 3.63) is 40.1 Å². The summed E-state index contributed by atoms with van der Waals surface area (Å²) < 4.78 is 10.6. The number of thiophene rings is 1. The molecule has 1 aromatic carbocycles. The first-order chi connectivity index (χ1) is 13.0. The van der Waals surface area contributed by atoms with Crippen molar-refractivity contribution in [2.24, 2.45) is 5.92 Å². The van der Waals surface area contributed by atoms with Gasteiger partial charge in [-0.25, -0.2) is 0 Å². The van der Waals surface area contributed by atoms with Crippen molar-refractivity contribution in [2.45, 2.75) is 19.8 Å². The number of amides is 2. The number of aryl methyl sites for hydroxylation is 1. The van der Waals surface area contributed by atoms with Gasteiger partial charge in [-0.3, -0.25) is 9.59 Å². The largest absolute Gasteiger partial charge is 0.493 e. The molecule has 0 saturated carbocycles. The van der Waals surface area contributed by atoms with Gasteiger partial charge in [0.1, 0.15) is 0 Å². The fourth-order valence-corrected chi connectivity index (χ4v) is 3.94. The van der Waals surface area contributed by atoms with E-state index in [9.17, 15) is 9.59 Å². The Kier molecular flexibility index (Phi) is 6.01. The van der Waals surface area contributed by atoms with Crippen LogP contribution in [0.5, 0.6) is 11.5 Å². The van der Waals surface area contributed by atoms with E-state index in [4.69, 9.17) is 9.47 Å². The molecule has 1 saturated heterocycles. The summed E-state index contributed by atoms with van der Waals surface area (Å²) in [6.45, 7) is 3.11. The maximum absolute atomic E-state index is 12.7. The molecule has 7 heteroatoms. The normalized spacial score (nSPS) is 14.7. The van der Waals surface area contributed by atoms with Crippen LogP contribution in [0.4, 0.5) is 5.69 Å². The summed E-state index contributed by atoms with van der Waals surface area (Å²) >= 11 is 1.45. The van der Waals surface area contributed by atoms with Gasteiger partial charge in [0, 0.05) is 30.8 Å². The second kappa shape index (κ2) is 8.43. The molecule has 0 aliphatic carbocycles. The standard InChI is InChI=1S/C20H24N2O4S/c1-13-11-16(25-2)17(26-3)12-15(13)21-19(23)14-6-8-22(9-7-14)20(24)18-5-4-10-27-18/h4-5,10-12,14H,6-9H2,1-3H3,(H,21,23). The van der Waals surface area contributed by atoms with Gasteiger partial charge < -0.3 is 19.7 Å². The zero-order valence-corrected chi connectivity index (χ0v) is 16.6. The fourth-order valence-electron chi connectivity index (χ4n) is 3.25. The maximum atomic E-state index is 12.7. The molecule has 0 radical (unpaired) electrons. The van der Waals surface area contributed by atoms with Crippen LogP contribution in [0, 0.1) is 12.8 Å². The van der Waals surface area contributed by atoms with Gasteiger partial charge in [0.25, 0.3) is 5.91 Å². The van der Waals surface area contributed by atoms with Crippen LogP contribution in [-0.2, 0) is 4.79 Å². The van der Waals surface area contributed by atoms with E-state index < -0.39 is 0 Å². The quantitative estimate of drug-likeness (QED) is 0.850. The summed E-state index contributed by atoms with van der Waals surface area (Å²) in [6, 6.07) is 7.34. The van der Waals surface area contributed by atoms with E-state index in [2.05, 4.69) is 5.32 Å². The van der Waals surface area contributed by atoms with Crippen LogP contribution < -0.4 is 14.8 Å². The van der Waals surface area contributed by atoms with Crippen molar-refractivity contribution in [3.63, 3.8) is 0 Å². The molecular formula is C20H24N2O4S. The molecule has 2 heterocycles. The molecule has 0 atom stereocenters. The number of likely N-dealkylation sites (tertiary alicyclic amines) is 1. The van der Waals surface area contributed by atoms with Gasteiger partial charge in [0.2, 0.25) is 5.91 Å². The van der Waals surface area contributed by atoms with Gasteiger partial charge in [-0.2, -0.15) is 0 Å². The highest BCUT2D eigenvalue weighted by Crippen LogP contribution is 2.33. The molecule has 1 aliphatic heterocycles. The monoisotopic (exact) mass is 388 g/mol. The number of carbonyl (C=O) groups excluding carboxylic acids is 2. The molecule has 27 heavy (non-hydrogen) atoms. The molecule has 2 amide bonds. The number of rotatable bonds is 5. The molecule has 3 rings (SSSR count). The van der Waals surface area contributed by atoms with Gasteiger partial charge in [-0.15, -0.1) is 11.3 Å². The summed E-state index contributed by atoms with van der Waals surface area (Å²) in [5.74, 6) is 1.14. The lowest BCUT2D eigenvalue weighted by atomic mass is 9.95. The maximum Gasteiger partial charge on any atom is 0.263 e. The van der Waals surface area contributed by atoms with Crippen molar-refractivity contribution >= 4 is 28.8 Å². The number of nitrogens with one attached hydrogen (secondary N) is 1. The number of nitrogens with zero attached hydrogens (tertiary/aromatic N) is 1. The Morgan fingerprint density at radius 1 is 1.15 bits per heavy atom. The highest BCUT2D eigenvalue weighted by atomic mass is 32.1. The van der Waals surface area contributed by atoms with E-state index in [1.807, 2.05) is 35.4 Å². The zero-order chi connectivity index (χ0) is 19.4. The van der Waals surface area contributed by atoms with E-state index in [0.29, 0.717) is 37.4 Å². The molecule has 1 aliphatic rings. The van der Waals surface area contributed by atoms with Gasteiger partial charge in [0.15, 0.2) is 11.5 Å². The van der Waals surface area contributed by atoms with E-state index in [-0.39, 0.29) is 17.7 Å². The third-order valence-electron chi connectivity index (χ3n) is 4.87. The van der Waals surface area contributed by atoms with Crippen LogP contribution in [-0.4, -0.2) is 44.0 Å². The predicted molar refractivity (Wildman–Crippen MR) is 106 cm³/mol. The third-order valence-corrected chi connectivity index (χ3v) is 5.73. The Morgan fingerprint density at radius 3 is 2.41 bits per heavy atom. The Labute approximate surface area is 163 Å². The zero-order valence-electron chi connectivity index (χ0n) is 15.8. The minimum absolute atomic E-state index is 0.0199. The SMILES string of the molecule is COc1cc(C)c(NC(=O)C2CCN(C(=O)c3cccs3)CC2)cc1OC. The van der Waals surface area contributed by atoms with Gasteiger partial charge in [0.05, 0.1) is 19.1 Å². The highest BCUT2D eigenvalue weighted by molar-refractivity contribution is 7.12. The lowest BCUT2D eigenvalue weighted by Crippen LogP contribution is -2.41. The fraction of sp³-hybridized carbons (Fsp3) is 0.400. The Balaban J connectivity index is 1.61. The second-order valence-electron chi connectivity index (χ2n) is 6.56. The summed E-state index contributed by atoms with van der Waals surface area (Å²) in [5.41, 5.74) is 1.63. The van der Waals surface area contributed by atoms with Crippen molar-refractivity contribution < 1.29 is 19.1 Å². The molecule has 1 N–H and O–H groups in total. The molecule has 144 valence electrons. The molecule has 6 nitrogen and oxygen atoms in total. The van der Waals surface area contributed by atoms with Crippen molar-refractivity contribution in [2.75, 3.05) is 32.6 Å². The molecule has 0 spiro atoms. The first-order valence-corrected chi connectivity index (χ1v) is 9.77. The number of ether oxygens (including phenoxy) is 2. The van der Waals surface area contributed by atoms with E-state index in [1.165, 1.54) is 11.3 Å². The van der Waals surface area contributed by atoms with E-state index in [1.54, 1.807) is 20.3 Å². The Bertz CT molecular complexity index is 812. The summed E-state index contributed by atoms with van der Waals surface area (Å²) in [5, 5.41) is 4.90.